The molecule has 0 saturated carbocycles. The molecule has 0 aliphatic carbocycles. The van der Waals surface area contributed by atoms with Gasteiger partial charge in [0.05, 0.1) is 0 Å². The minimum absolute atomic E-state index is 0.104. The number of aryl methyl sites for hydroxylation is 1. The smallest absolute Gasteiger partial charge is 0.408 e. The molecule has 0 aromatic heterocycles. The summed E-state index contributed by atoms with van der Waals surface area (Å²) in [6.07, 6.45) is -0.726. The maximum absolute atomic E-state index is 12.1. The van der Waals surface area contributed by atoms with E-state index in [1.807, 2.05) is 49.4 Å². The second kappa shape index (κ2) is 7.44. The molecule has 0 saturated heterocycles. The Morgan fingerprint density at radius 1 is 1.17 bits per heavy atom. The van der Waals surface area contributed by atoms with Crippen molar-refractivity contribution in [2.45, 2.75) is 19.3 Å². The van der Waals surface area contributed by atoms with Crippen LogP contribution in [0, 0.1) is 6.92 Å². The first-order valence-corrected chi connectivity index (χ1v) is 9.37. The third kappa shape index (κ3) is 5.23. The average Bonchev–Trinajstić information content (AvgIpc) is 2.52. The van der Waals surface area contributed by atoms with Crippen molar-refractivity contribution in [1.82, 2.24) is 5.32 Å². The van der Waals surface area contributed by atoms with E-state index in [1.165, 1.54) is 6.66 Å². The summed E-state index contributed by atoms with van der Waals surface area (Å²) in [5.41, 5.74) is 2.45. The van der Waals surface area contributed by atoms with Crippen molar-refractivity contribution < 1.29 is 19.0 Å². The van der Waals surface area contributed by atoms with Gasteiger partial charge in [0.15, 0.2) is 0 Å². The molecule has 2 aromatic carbocycles. The molecule has 6 heteroatoms. The molecule has 5 nitrogen and oxygen atoms in total. The zero-order chi connectivity index (χ0) is 16.9. The highest BCUT2D eigenvalue weighted by Gasteiger charge is 2.29. The van der Waals surface area contributed by atoms with E-state index in [9.17, 15) is 14.3 Å². The summed E-state index contributed by atoms with van der Waals surface area (Å²) in [5.74, 6) is -0.994. The largest absolute Gasteiger partial charge is 0.445 e. The lowest BCUT2D eigenvalue weighted by Gasteiger charge is -2.21. The number of benzene rings is 2. The minimum Gasteiger partial charge on any atom is -0.445 e. The van der Waals surface area contributed by atoms with Crippen LogP contribution in [0.1, 0.15) is 22.5 Å². The Kier molecular flexibility index (Phi) is 5.59. The molecule has 23 heavy (non-hydrogen) atoms. The first-order valence-electron chi connectivity index (χ1n) is 7.20. The van der Waals surface area contributed by atoms with Crippen LogP contribution in [-0.2, 0) is 15.9 Å². The van der Waals surface area contributed by atoms with E-state index < -0.39 is 19.2 Å². The van der Waals surface area contributed by atoms with Gasteiger partial charge < -0.3 is 14.9 Å². The van der Waals surface area contributed by atoms with Gasteiger partial charge in [0.25, 0.3) is 0 Å². The highest BCUT2D eigenvalue weighted by molar-refractivity contribution is 7.57. The molecule has 1 amide bonds. The quantitative estimate of drug-likeness (QED) is 0.816. The van der Waals surface area contributed by atoms with Crippen LogP contribution in [0.5, 0.6) is 0 Å². The van der Waals surface area contributed by atoms with Gasteiger partial charge in [-0.15, -0.1) is 0 Å². The van der Waals surface area contributed by atoms with Gasteiger partial charge in [-0.1, -0.05) is 60.2 Å². The molecule has 2 N–H and O–H groups in total. The number of ether oxygens (including phenoxy) is 1. The Bertz CT molecular complexity index is 694. The first kappa shape index (κ1) is 17.3. The number of hydrogen-bond acceptors (Lipinski definition) is 3. The van der Waals surface area contributed by atoms with Crippen LogP contribution in [0.3, 0.4) is 0 Å². The fourth-order valence-corrected chi connectivity index (χ4v) is 3.18. The van der Waals surface area contributed by atoms with Crippen LogP contribution in [0.15, 0.2) is 54.6 Å². The molecule has 0 spiro atoms. The second-order valence-electron chi connectivity index (χ2n) is 5.46. The number of alkyl carbamates (subject to hydrolysis) is 1. The monoisotopic (exact) mass is 333 g/mol. The Labute approximate surface area is 135 Å². The van der Waals surface area contributed by atoms with Crippen LogP contribution in [-0.4, -0.2) is 17.7 Å². The molecule has 0 radical (unpaired) electrons. The van der Waals surface area contributed by atoms with Crippen molar-refractivity contribution in [1.29, 1.82) is 0 Å². The van der Waals surface area contributed by atoms with Crippen molar-refractivity contribution in [2.75, 3.05) is 6.66 Å². The molecule has 0 aliphatic heterocycles. The summed E-state index contributed by atoms with van der Waals surface area (Å²) in [7, 11) is -3.57. The van der Waals surface area contributed by atoms with Crippen LogP contribution in [0.25, 0.3) is 0 Å². The van der Waals surface area contributed by atoms with Crippen LogP contribution in [0.2, 0.25) is 0 Å². The predicted molar refractivity (Wildman–Crippen MR) is 89.4 cm³/mol. The van der Waals surface area contributed by atoms with Gasteiger partial charge in [-0.05, 0) is 18.1 Å². The molecule has 0 bridgehead atoms. The fraction of sp³-hybridized carbons (Fsp3) is 0.235. The van der Waals surface area contributed by atoms with E-state index in [2.05, 4.69) is 5.32 Å². The molecule has 0 fully saturated rings. The number of rotatable bonds is 5. The number of nitrogens with one attached hydrogen (secondary N) is 1. The number of amides is 1. The SMILES string of the molecule is Cc1ccc([C@H](NC(=O)OCc2ccccc2)P(C)(=O)O)cc1. The standard InChI is InChI=1S/C17H20NO4P/c1-13-8-10-15(11-9-13)16(23(2,20)21)18-17(19)22-12-14-6-4-3-5-7-14/h3-11,16H,12H2,1-2H3,(H,18,19)(H,20,21)/t16-/m1/s1. The van der Waals surface area contributed by atoms with Crippen molar-refractivity contribution in [3.8, 4) is 0 Å². The maximum atomic E-state index is 12.1. The lowest BCUT2D eigenvalue weighted by atomic mass is 10.1. The van der Waals surface area contributed by atoms with Gasteiger partial charge in [-0.2, -0.15) is 0 Å². The summed E-state index contributed by atoms with van der Waals surface area (Å²) in [4.78, 5) is 21.9. The van der Waals surface area contributed by atoms with E-state index >= 15 is 0 Å². The normalized spacial score (nSPS) is 14.6. The van der Waals surface area contributed by atoms with Crippen molar-refractivity contribution >= 4 is 13.5 Å². The van der Waals surface area contributed by atoms with Gasteiger partial charge >= 0.3 is 6.09 Å². The summed E-state index contributed by atoms with van der Waals surface area (Å²) in [6, 6.07) is 16.3. The Balaban J connectivity index is 2.04. The van der Waals surface area contributed by atoms with E-state index in [0.717, 1.165) is 11.1 Å². The van der Waals surface area contributed by atoms with Gasteiger partial charge in [0.2, 0.25) is 7.37 Å². The first-order chi connectivity index (χ1) is 10.9. The lowest BCUT2D eigenvalue weighted by molar-refractivity contribution is 0.138. The molecule has 1 unspecified atom stereocenters. The second-order valence-corrected chi connectivity index (χ2v) is 7.87. The van der Waals surface area contributed by atoms with Crippen LogP contribution in [0.4, 0.5) is 4.79 Å². The molecule has 2 rings (SSSR count). The minimum atomic E-state index is -3.57. The topological polar surface area (TPSA) is 75.6 Å². The Hall–Kier alpha value is -2.10. The molecule has 2 atom stereocenters. The predicted octanol–water partition coefficient (Wildman–Crippen LogP) is 3.82. The molecule has 122 valence electrons. The van der Waals surface area contributed by atoms with Gasteiger partial charge in [0.1, 0.15) is 12.4 Å². The van der Waals surface area contributed by atoms with Crippen LogP contribution < -0.4 is 5.32 Å². The molecule has 2 aromatic rings. The van der Waals surface area contributed by atoms with Crippen molar-refractivity contribution in [3.05, 3.63) is 71.3 Å². The summed E-state index contributed by atoms with van der Waals surface area (Å²) in [5, 5.41) is 2.49. The van der Waals surface area contributed by atoms with Crippen molar-refractivity contribution in [2.24, 2.45) is 0 Å². The summed E-state index contributed by atoms with van der Waals surface area (Å²) >= 11 is 0. The number of carbonyl (C=O) groups is 1. The summed E-state index contributed by atoms with van der Waals surface area (Å²) in [6.45, 7) is 3.24. The van der Waals surface area contributed by atoms with Crippen LogP contribution >= 0.6 is 7.37 Å². The molecule has 0 heterocycles. The van der Waals surface area contributed by atoms with Gasteiger partial charge in [0, 0.05) is 6.66 Å². The molecule has 0 aliphatic rings. The average molecular weight is 333 g/mol. The number of carbonyl (C=O) groups excluding carboxylic acids is 1. The fourth-order valence-electron chi connectivity index (χ4n) is 2.10. The maximum Gasteiger partial charge on any atom is 0.408 e. The lowest BCUT2D eigenvalue weighted by Crippen LogP contribution is -2.29. The molecular weight excluding hydrogens is 313 g/mol. The third-order valence-corrected chi connectivity index (χ3v) is 4.72. The molecular formula is C17H20NO4P. The number of hydrogen-bond donors (Lipinski definition) is 2. The van der Waals surface area contributed by atoms with E-state index in [0.29, 0.717) is 5.56 Å². The van der Waals surface area contributed by atoms with Gasteiger partial charge in [-0.3, -0.25) is 4.57 Å². The van der Waals surface area contributed by atoms with E-state index in [-0.39, 0.29) is 6.61 Å². The zero-order valence-electron chi connectivity index (χ0n) is 13.1. The Morgan fingerprint density at radius 2 is 1.78 bits per heavy atom. The zero-order valence-corrected chi connectivity index (χ0v) is 14.0. The van der Waals surface area contributed by atoms with Gasteiger partial charge in [-0.25, -0.2) is 4.79 Å². The highest BCUT2D eigenvalue weighted by atomic mass is 31.2. The summed E-state index contributed by atoms with van der Waals surface area (Å²) < 4.78 is 17.2. The van der Waals surface area contributed by atoms with Crippen molar-refractivity contribution in [3.63, 3.8) is 0 Å². The highest BCUT2D eigenvalue weighted by Crippen LogP contribution is 2.50. The van der Waals surface area contributed by atoms with E-state index in [4.69, 9.17) is 4.74 Å². The van der Waals surface area contributed by atoms with E-state index in [1.54, 1.807) is 12.1 Å². The Morgan fingerprint density at radius 3 is 2.35 bits per heavy atom. The third-order valence-electron chi connectivity index (χ3n) is 3.34.